The molecule has 1 aliphatic carbocycles. The first-order chi connectivity index (χ1) is 13.0. The number of hydrogen-bond donors (Lipinski definition) is 0. The molecular formula is C22H28N2O2S. The molecule has 2 aromatic carbocycles. The molecule has 1 heterocycles. The Morgan fingerprint density at radius 3 is 2.26 bits per heavy atom. The largest absolute Gasteiger partial charge is 0.298 e. The molecule has 1 saturated heterocycles. The average Bonchev–Trinajstić information content (AvgIpc) is 3.51. The van der Waals surface area contributed by atoms with Crippen LogP contribution in [0.3, 0.4) is 0 Å². The highest BCUT2D eigenvalue weighted by Crippen LogP contribution is 2.29. The van der Waals surface area contributed by atoms with Crippen molar-refractivity contribution in [2.24, 2.45) is 0 Å². The fraction of sp³-hybridized carbons (Fsp3) is 0.455. The van der Waals surface area contributed by atoms with E-state index in [1.807, 2.05) is 24.3 Å². The molecule has 1 aliphatic heterocycles. The van der Waals surface area contributed by atoms with Gasteiger partial charge in [-0.3, -0.25) is 9.80 Å². The van der Waals surface area contributed by atoms with Gasteiger partial charge in [-0.25, -0.2) is 8.42 Å². The number of piperazine rings is 1. The maximum Gasteiger partial charge on any atom is 0.182 e. The van der Waals surface area contributed by atoms with Crippen LogP contribution in [-0.2, 0) is 22.1 Å². The van der Waals surface area contributed by atoms with Gasteiger partial charge in [-0.15, -0.1) is 0 Å². The van der Waals surface area contributed by atoms with Crippen molar-refractivity contribution in [3.63, 3.8) is 0 Å². The zero-order valence-electron chi connectivity index (χ0n) is 15.9. The normalized spacial score (nSPS) is 22.0. The van der Waals surface area contributed by atoms with Crippen LogP contribution in [0.2, 0.25) is 0 Å². The van der Waals surface area contributed by atoms with Gasteiger partial charge in [0.15, 0.2) is 9.84 Å². The van der Waals surface area contributed by atoms with Gasteiger partial charge in [0.2, 0.25) is 0 Å². The topological polar surface area (TPSA) is 40.6 Å². The lowest BCUT2D eigenvalue weighted by molar-refractivity contribution is 0.0728. The monoisotopic (exact) mass is 384 g/mol. The summed E-state index contributed by atoms with van der Waals surface area (Å²) in [4.78, 5) is 5.51. The lowest BCUT2D eigenvalue weighted by Crippen LogP contribution is -2.52. The Kier molecular flexibility index (Phi) is 5.35. The van der Waals surface area contributed by atoms with Gasteiger partial charge in [0.05, 0.1) is 10.6 Å². The minimum absolute atomic E-state index is 0.0591. The highest BCUT2D eigenvalue weighted by molar-refractivity contribution is 7.90. The van der Waals surface area contributed by atoms with Gasteiger partial charge in [0.25, 0.3) is 0 Å². The van der Waals surface area contributed by atoms with Crippen LogP contribution in [0.15, 0.2) is 59.5 Å². The lowest BCUT2D eigenvalue weighted by Gasteiger charge is -2.40. The van der Waals surface area contributed by atoms with E-state index in [2.05, 4.69) is 22.8 Å². The summed E-state index contributed by atoms with van der Waals surface area (Å²) >= 11 is 0. The summed E-state index contributed by atoms with van der Waals surface area (Å²) in [5.74, 6) is 0.0591. The molecule has 0 amide bonds. The van der Waals surface area contributed by atoms with Crippen LogP contribution in [0.4, 0.5) is 0 Å². The van der Waals surface area contributed by atoms with E-state index in [0.717, 1.165) is 43.3 Å². The van der Waals surface area contributed by atoms with E-state index in [1.165, 1.54) is 12.8 Å². The molecule has 1 unspecified atom stereocenters. The summed E-state index contributed by atoms with van der Waals surface area (Å²) in [5.41, 5.74) is 2.04. The van der Waals surface area contributed by atoms with E-state index in [9.17, 15) is 8.42 Å². The Bertz CT molecular complexity index is 878. The van der Waals surface area contributed by atoms with Crippen LogP contribution in [0, 0.1) is 0 Å². The minimum Gasteiger partial charge on any atom is -0.298 e. The molecule has 4 rings (SSSR count). The van der Waals surface area contributed by atoms with Gasteiger partial charge in [0, 0.05) is 38.3 Å². The number of sulfone groups is 1. The second-order valence-corrected chi connectivity index (χ2v) is 9.88. The van der Waals surface area contributed by atoms with Gasteiger partial charge < -0.3 is 0 Å². The Morgan fingerprint density at radius 2 is 1.59 bits per heavy atom. The van der Waals surface area contributed by atoms with Crippen molar-refractivity contribution in [2.45, 2.75) is 49.0 Å². The van der Waals surface area contributed by atoms with E-state index >= 15 is 0 Å². The molecule has 27 heavy (non-hydrogen) atoms. The number of rotatable bonds is 6. The molecule has 1 saturated carbocycles. The van der Waals surface area contributed by atoms with Crippen LogP contribution < -0.4 is 0 Å². The average molecular weight is 385 g/mol. The van der Waals surface area contributed by atoms with Crippen LogP contribution >= 0.6 is 0 Å². The third kappa shape index (κ3) is 4.42. The van der Waals surface area contributed by atoms with Crippen LogP contribution in [-0.4, -0.2) is 49.9 Å². The van der Waals surface area contributed by atoms with Crippen molar-refractivity contribution in [2.75, 3.05) is 19.6 Å². The highest BCUT2D eigenvalue weighted by Gasteiger charge is 2.34. The first-order valence-electron chi connectivity index (χ1n) is 9.85. The molecule has 5 heteroatoms. The number of hydrogen-bond acceptors (Lipinski definition) is 4. The molecular weight excluding hydrogens is 356 g/mol. The zero-order chi connectivity index (χ0) is 18.9. The van der Waals surface area contributed by atoms with E-state index in [-0.39, 0.29) is 5.75 Å². The third-order valence-corrected chi connectivity index (χ3v) is 7.48. The summed E-state index contributed by atoms with van der Waals surface area (Å²) in [7, 11) is -3.33. The summed E-state index contributed by atoms with van der Waals surface area (Å²) in [6.07, 6.45) is 2.71. The minimum atomic E-state index is -3.33. The second-order valence-electron chi connectivity index (χ2n) is 7.89. The van der Waals surface area contributed by atoms with Crippen molar-refractivity contribution in [3.8, 4) is 0 Å². The van der Waals surface area contributed by atoms with Gasteiger partial charge in [-0.2, -0.15) is 0 Å². The Hall–Kier alpha value is -1.69. The fourth-order valence-corrected chi connectivity index (χ4v) is 5.45. The van der Waals surface area contributed by atoms with E-state index in [0.29, 0.717) is 10.9 Å². The summed E-state index contributed by atoms with van der Waals surface area (Å²) in [6, 6.07) is 18.1. The van der Waals surface area contributed by atoms with Gasteiger partial charge in [0.1, 0.15) is 0 Å². The molecule has 0 spiro atoms. The van der Waals surface area contributed by atoms with Crippen molar-refractivity contribution in [1.29, 1.82) is 0 Å². The van der Waals surface area contributed by atoms with Crippen molar-refractivity contribution in [3.05, 3.63) is 65.7 Å². The maximum absolute atomic E-state index is 12.8. The summed E-state index contributed by atoms with van der Waals surface area (Å²) < 4.78 is 25.6. The molecule has 0 bridgehead atoms. The van der Waals surface area contributed by atoms with Crippen LogP contribution in [0.1, 0.15) is 30.9 Å². The van der Waals surface area contributed by atoms with Gasteiger partial charge in [-0.05, 0) is 43.0 Å². The number of nitrogens with zero attached hydrogens (tertiary/aromatic N) is 2. The fourth-order valence-electron chi connectivity index (χ4n) is 4.02. The smallest absolute Gasteiger partial charge is 0.182 e. The molecule has 2 aromatic rings. The molecule has 0 N–H and O–H groups in total. The Labute approximate surface area is 162 Å². The van der Waals surface area contributed by atoms with E-state index < -0.39 is 9.84 Å². The molecule has 0 aromatic heterocycles. The first kappa shape index (κ1) is 18.7. The maximum atomic E-state index is 12.8. The molecule has 2 aliphatic rings. The Morgan fingerprint density at radius 1 is 0.926 bits per heavy atom. The molecule has 4 nitrogen and oxygen atoms in total. The zero-order valence-corrected chi connectivity index (χ0v) is 16.7. The predicted molar refractivity (Wildman–Crippen MR) is 108 cm³/mol. The predicted octanol–water partition coefficient (Wildman–Crippen LogP) is 3.33. The van der Waals surface area contributed by atoms with Crippen LogP contribution in [0.5, 0.6) is 0 Å². The van der Waals surface area contributed by atoms with E-state index in [1.54, 1.807) is 24.3 Å². The quantitative estimate of drug-likeness (QED) is 0.766. The van der Waals surface area contributed by atoms with Crippen molar-refractivity contribution < 1.29 is 8.42 Å². The van der Waals surface area contributed by atoms with E-state index in [4.69, 9.17) is 0 Å². The summed E-state index contributed by atoms with van der Waals surface area (Å²) in [5, 5.41) is 0. The van der Waals surface area contributed by atoms with Crippen molar-refractivity contribution >= 4 is 9.84 Å². The molecule has 1 atom stereocenters. The van der Waals surface area contributed by atoms with Crippen molar-refractivity contribution in [1.82, 2.24) is 9.80 Å². The Balaban J connectivity index is 1.48. The van der Waals surface area contributed by atoms with Crippen LogP contribution in [0.25, 0.3) is 0 Å². The molecule has 144 valence electrons. The van der Waals surface area contributed by atoms with Gasteiger partial charge in [-0.1, -0.05) is 42.5 Å². The molecule has 2 fully saturated rings. The highest BCUT2D eigenvalue weighted by atomic mass is 32.2. The first-order valence-corrected chi connectivity index (χ1v) is 11.5. The second kappa shape index (κ2) is 7.74. The molecule has 0 radical (unpaired) electrons. The SMILES string of the molecule is CC1CN(C2CC2)CCN1Cc1ccccc1CS(=O)(=O)c1ccccc1. The number of benzene rings is 2. The summed E-state index contributed by atoms with van der Waals surface area (Å²) in [6.45, 7) is 6.41. The van der Waals surface area contributed by atoms with Gasteiger partial charge >= 0.3 is 0 Å². The lowest BCUT2D eigenvalue weighted by atomic mass is 10.1. The third-order valence-electron chi connectivity index (χ3n) is 5.80. The standard InChI is InChI=1S/C22H28N2O2S/c1-18-15-24(21-11-12-21)14-13-23(18)16-19-7-5-6-8-20(19)17-27(25,26)22-9-3-2-4-10-22/h2-10,18,21H,11-17H2,1H3.